The predicted octanol–water partition coefficient (Wildman–Crippen LogP) is -0.0449. The average Bonchev–Trinajstić information content (AvgIpc) is 3.78. The smallest absolute Gasteiger partial charge is 0.331 e. The summed E-state index contributed by atoms with van der Waals surface area (Å²) in [6.45, 7) is 6.25. The molecular weight excluding hydrogens is 764 g/mol. The first-order valence-corrected chi connectivity index (χ1v) is 21.1. The van der Waals surface area contributed by atoms with Crippen LogP contribution in [0.25, 0.3) is 0 Å². The Morgan fingerprint density at radius 3 is 2.34 bits per heavy atom. The Morgan fingerprint density at radius 2 is 1.67 bits per heavy atom. The first-order valence-electron chi connectivity index (χ1n) is 21.1. The Labute approximate surface area is 337 Å². The second-order valence-electron chi connectivity index (χ2n) is 19.0. The third-order valence-corrected chi connectivity index (χ3v) is 15.8. The normalized spacial score (nSPS) is 52.9. The van der Waals surface area contributed by atoms with Gasteiger partial charge in [-0.1, -0.05) is 13.8 Å². The van der Waals surface area contributed by atoms with E-state index in [4.69, 9.17) is 37.9 Å². The van der Waals surface area contributed by atoms with Gasteiger partial charge >= 0.3 is 11.9 Å². The molecule has 0 aromatic rings. The molecule has 7 N–H and O–H groups in total. The number of aliphatic hydroxyl groups excluding tert-OH is 5. The van der Waals surface area contributed by atoms with Gasteiger partial charge in [-0.15, -0.1) is 0 Å². The summed E-state index contributed by atoms with van der Waals surface area (Å²) in [4.78, 5) is 24.4. The maximum Gasteiger partial charge on any atom is 0.331 e. The van der Waals surface area contributed by atoms with Crippen LogP contribution in [-0.2, 0) is 47.5 Å². The van der Waals surface area contributed by atoms with Gasteiger partial charge in [-0.05, 0) is 80.6 Å². The molecule has 0 bridgehead atoms. The third-order valence-electron chi connectivity index (χ3n) is 15.8. The van der Waals surface area contributed by atoms with Crippen LogP contribution in [-0.4, -0.2) is 159 Å². The van der Waals surface area contributed by atoms with Crippen molar-refractivity contribution in [2.24, 2.45) is 34.5 Å². The van der Waals surface area contributed by atoms with Crippen LogP contribution < -0.4 is 0 Å². The quantitative estimate of drug-likeness (QED) is 0.119. The minimum Gasteiger partial charge on any atom is -0.462 e. The van der Waals surface area contributed by atoms with E-state index in [0.717, 1.165) is 50.5 Å². The van der Waals surface area contributed by atoms with Gasteiger partial charge in [0, 0.05) is 37.2 Å². The molecule has 17 heteroatoms. The number of aliphatic hydroxyl groups is 7. The van der Waals surface area contributed by atoms with E-state index in [-0.39, 0.29) is 48.9 Å². The molecule has 4 aliphatic heterocycles. The van der Waals surface area contributed by atoms with E-state index in [9.17, 15) is 45.3 Å². The van der Waals surface area contributed by atoms with Gasteiger partial charge in [0.05, 0.1) is 43.7 Å². The van der Waals surface area contributed by atoms with Gasteiger partial charge < -0.3 is 73.6 Å². The molecule has 0 unspecified atom stereocenters. The lowest BCUT2D eigenvalue weighted by atomic mass is 9.43. The summed E-state index contributed by atoms with van der Waals surface area (Å²) in [6.07, 6.45) is -4.84. The number of carbonyl (C=O) groups excluding carboxylic acids is 2. The monoisotopic (exact) mass is 826 g/mol. The summed E-state index contributed by atoms with van der Waals surface area (Å²) < 4.78 is 46.5. The van der Waals surface area contributed by atoms with Gasteiger partial charge in [-0.3, -0.25) is 4.79 Å². The number of cyclic esters (lactones) is 1. The molecule has 7 fully saturated rings. The standard InChI is InChI=1S/C41H62O17/c1-19-33(57-36-32(47)34(27(45)16-52-36)58-37-35(48)40(49,17-42)18-53-37)26(44)13-30(54-19)56-23-7-9-38(3)22(12-23)5-6-25-24(38)8-10-39(4)31(21-11-29(46)51-15-21)28(55-20(2)43)14-41(25,39)50/h11,19,22-28,30-37,42,44-45,47-50H,5-10,12-18H2,1-4H3/t19-,22-,23+,24+,25-,26+,27-,28-,30+,31+,32-,33-,34+,35+,36+,37+,38+,39-,40-,41+/m1/s1. The van der Waals surface area contributed by atoms with Crippen molar-refractivity contribution in [3.63, 3.8) is 0 Å². The number of hydrogen-bond donors (Lipinski definition) is 7. The van der Waals surface area contributed by atoms with Gasteiger partial charge in [0.1, 0.15) is 48.8 Å². The molecule has 0 radical (unpaired) electrons. The minimum atomic E-state index is -1.95. The molecule has 58 heavy (non-hydrogen) atoms. The molecule has 8 rings (SSSR count). The topological polar surface area (TPSA) is 250 Å². The Balaban J connectivity index is 0.870. The van der Waals surface area contributed by atoms with Crippen molar-refractivity contribution in [1.29, 1.82) is 0 Å². The van der Waals surface area contributed by atoms with Crippen LogP contribution in [0.5, 0.6) is 0 Å². The molecule has 0 amide bonds. The summed E-state index contributed by atoms with van der Waals surface area (Å²) in [5.41, 5.74) is -2.87. The number of esters is 2. The first-order chi connectivity index (χ1) is 27.4. The zero-order chi connectivity index (χ0) is 41.5. The number of fused-ring (bicyclic) bond motifs is 5. The molecule has 0 aromatic heterocycles. The molecule has 8 aliphatic rings. The Hall–Kier alpha value is -1.84. The van der Waals surface area contributed by atoms with Gasteiger partial charge in [0.15, 0.2) is 18.9 Å². The molecule has 0 spiro atoms. The molecule has 4 aliphatic carbocycles. The number of hydrogen-bond acceptors (Lipinski definition) is 17. The molecule has 17 nitrogen and oxygen atoms in total. The van der Waals surface area contributed by atoms with Crippen LogP contribution in [0.1, 0.15) is 85.5 Å². The molecular formula is C41H62O17. The van der Waals surface area contributed by atoms with Gasteiger partial charge in [-0.2, -0.15) is 0 Å². The van der Waals surface area contributed by atoms with Crippen LogP contribution in [0.4, 0.5) is 0 Å². The lowest BCUT2D eigenvalue weighted by Gasteiger charge is -2.63. The van der Waals surface area contributed by atoms with E-state index < -0.39 is 109 Å². The fourth-order valence-electron chi connectivity index (χ4n) is 12.7. The highest BCUT2D eigenvalue weighted by Gasteiger charge is 2.71. The van der Waals surface area contributed by atoms with Gasteiger partial charge in [0.2, 0.25) is 0 Å². The lowest BCUT2D eigenvalue weighted by molar-refractivity contribution is -0.341. The zero-order valence-electron chi connectivity index (χ0n) is 33.7. The van der Waals surface area contributed by atoms with Crippen LogP contribution >= 0.6 is 0 Å². The van der Waals surface area contributed by atoms with E-state index in [1.807, 2.05) is 0 Å². The highest BCUT2D eigenvalue weighted by Crippen LogP contribution is 2.70. The highest BCUT2D eigenvalue weighted by molar-refractivity contribution is 5.85. The van der Waals surface area contributed by atoms with Crippen LogP contribution in [0.15, 0.2) is 11.6 Å². The first kappa shape index (κ1) is 42.8. The van der Waals surface area contributed by atoms with Gasteiger partial charge in [-0.25, -0.2) is 4.79 Å². The summed E-state index contributed by atoms with van der Waals surface area (Å²) >= 11 is 0. The fourth-order valence-corrected chi connectivity index (χ4v) is 12.7. The number of carbonyl (C=O) groups is 2. The molecule has 4 heterocycles. The third kappa shape index (κ3) is 7.16. The predicted molar refractivity (Wildman–Crippen MR) is 196 cm³/mol. The molecule has 328 valence electrons. The largest absolute Gasteiger partial charge is 0.462 e. The van der Waals surface area contributed by atoms with Gasteiger partial charge in [0.25, 0.3) is 0 Å². The second-order valence-corrected chi connectivity index (χ2v) is 19.0. The fraction of sp³-hybridized carbons (Fsp3) is 0.902. The maximum absolute atomic E-state index is 12.8. The summed E-state index contributed by atoms with van der Waals surface area (Å²) in [5.74, 6) is -0.500. The van der Waals surface area contributed by atoms with E-state index in [2.05, 4.69) is 13.8 Å². The van der Waals surface area contributed by atoms with Crippen molar-refractivity contribution in [1.82, 2.24) is 0 Å². The zero-order valence-corrected chi connectivity index (χ0v) is 33.7. The molecule has 3 saturated heterocycles. The molecule has 4 saturated carbocycles. The number of rotatable bonds is 9. The van der Waals surface area contributed by atoms with Crippen molar-refractivity contribution in [2.45, 2.75) is 170 Å². The average molecular weight is 827 g/mol. The van der Waals surface area contributed by atoms with Crippen molar-refractivity contribution >= 4 is 11.9 Å². The summed E-state index contributed by atoms with van der Waals surface area (Å²) in [5, 5.41) is 75.9. The number of ether oxygens (including phenoxy) is 8. The van der Waals surface area contributed by atoms with Crippen molar-refractivity contribution < 1.29 is 83.2 Å². The van der Waals surface area contributed by atoms with E-state index in [0.29, 0.717) is 12.3 Å². The van der Waals surface area contributed by atoms with E-state index in [1.54, 1.807) is 6.92 Å². The Bertz CT molecular complexity index is 1570. The second kappa shape index (κ2) is 15.8. The molecule has 20 atom stereocenters. The Kier molecular flexibility index (Phi) is 11.7. The van der Waals surface area contributed by atoms with E-state index in [1.165, 1.54) is 13.0 Å². The molecule has 0 aromatic carbocycles. The highest BCUT2D eigenvalue weighted by atomic mass is 16.7. The maximum atomic E-state index is 12.8. The summed E-state index contributed by atoms with van der Waals surface area (Å²) in [7, 11) is 0. The van der Waals surface area contributed by atoms with Crippen LogP contribution in [0.2, 0.25) is 0 Å². The van der Waals surface area contributed by atoms with Crippen molar-refractivity contribution in [2.75, 3.05) is 26.4 Å². The van der Waals surface area contributed by atoms with E-state index >= 15 is 0 Å². The Morgan fingerprint density at radius 1 is 0.914 bits per heavy atom. The van der Waals surface area contributed by atoms with Crippen molar-refractivity contribution in [3.05, 3.63) is 11.6 Å². The SMILES string of the molecule is CC(=O)O[C@@H]1C[C@]2(O)[C@@H]3CC[C@@H]4C[C@@H](O[C@H]5C[C@H](O)[C@H](O[C@@H]6OC[C@@H](O)[C@H](O[C@@H]7OC[C@](O)(CO)[C@H]7O)[C@H]6O)[C@@H](C)O5)CC[C@]4(C)[C@H]3CC[C@]2(C)[C@H]1C1=CC(=O)OC1. The van der Waals surface area contributed by atoms with Crippen molar-refractivity contribution in [3.8, 4) is 0 Å². The van der Waals surface area contributed by atoms with Crippen LogP contribution in [0.3, 0.4) is 0 Å². The lowest BCUT2D eigenvalue weighted by Crippen LogP contribution is -2.62. The van der Waals surface area contributed by atoms with Crippen LogP contribution in [0, 0.1) is 34.5 Å². The minimum absolute atomic E-state index is 0.00642. The summed E-state index contributed by atoms with van der Waals surface area (Å²) in [6, 6.07) is 0.